The molecule has 0 amide bonds. The first-order valence-corrected chi connectivity index (χ1v) is 19.2. The molecule has 0 bridgehead atoms. The number of rotatable bonds is 7. The molecule has 17 heteroatoms. The van der Waals surface area contributed by atoms with Gasteiger partial charge in [0, 0.05) is 65.8 Å². The lowest BCUT2D eigenvalue weighted by atomic mass is 9.76. The number of benzene rings is 4. The number of hydrogen-bond acceptors (Lipinski definition) is 5. The molecule has 0 spiro atoms. The lowest BCUT2D eigenvalue weighted by Gasteiger charge is -2.31. The van der Waals surface area contributed by atoms with Crippen molar-refractivity contribution in [3.63, 3.8) is 0 Å². The van der Waals surface area contributed by atoms with Crippen molar-refractivity contribution in [2.45, 2.75) is 56.2 Å². The predicted molar refractivity (Wildman–Crippen MR) is 210 cm³/mol. The van der Waals surface area contributed by atoms with Gasteiger partial charge >= 0.3 is 18.3 Å². The molecule has 0 aliphatic carbocycles. The lowest BCUT2D eigenvalue weighted by Crippen LogP contribution is -2.43. The van der Waals surface area contributed by atoms with Crippen molar-refractivity contribution in [3.8, 4) is 0 Å². The van der Waals surface area contributed by atoms with E-state index < -0.39 is 42.2 Å². The molecule has 292 valence electrons. The number of nitrogens with zero attached hydrogens (tertiary/aromatic N) is 2. The quantitative estimate of drug-likeness (QED) is 0.148. The van der Waals surface area contributed by atoms with Gasteiger partial charge in [-0.05, 0) is 76.3 Å². The van der Waals surface area contributed by atoms with E-state index in [1.807, 2.05) is 0 Å². The number of carbonyl (C=O) groups is 1. The minimum absolute atomic E-state index is 0.00675. The van der Waals surface area contributed by atoms with Crippen molar-refractivity contribution in [3.05, 3.63) is 135 Å². The molecule has 2 atom stereocenters. The summed E-state index contributed by atoms with van der Waals surface area (Å²) in [5, 5.41) is 9.82. The van der Waals surface area contributed by atoms with E-state index in [4.69, 9.17) is 51.1 Å². The molecule has 2 unspecified atom stereocenters. The molecular weight excluding hydrogens is 948 g/mol. The van der Waals surface area contributed by atoms with Gasteiger partial charge in [0.1, 0.15) is 17.4 Å². The first-order valence-electron chi connectivity index (χ1n) is 16.1. The molecule has 2 aliphatic heterocycles. The highest BCUT2D eigenvalue weighted by atomic mass is 79.9. The predicted octanol–water partition coefficient (Wildman–Crippen LogP) is 12.5. The van der Waals surface area contributed by atoms with Gasteiger partial charge in [-0.15, -0.1) is 0 Å². The maximum atomic E-state index is 14.2. The standard InChI is InChI=1S/C20H15BrCl2F3NO2.C18H13BrCl2F3NO/c1-11(28)29-9-13-3-2-12(4-17(13)21)18-8-19(10-27-18,20(24,25)26)14-5-15(22)7-16(23)6-14;19-15-3-10(1-2-11(15)8-26)16-7-17(9-25-16,18(22,23)24)12-4-13(20)6-14(21)5-12/h2-7H,8-10H2,1H3;1-6,26H,7-9H2. The Kier molecular flexibility index (Phi) is 13.5. The third-order valence-corrected chi connectivity index (χ3v) is 11.7. The molecule has 2 heterocycles. The van der Waals surface area contributed by atoms with Gasteiger partial charge in [-0.3, -0.25) is 14.8 Å². The van der Waals surface area contributed by atoms with Crippen LogP contribution < -0.4 is 0 Å². The summed E-state index contributed by atoms with van der Waals surface area (Å²) in [6, 6.07) is 18.0. The van der Waals surface area contributed by atoms with Gasteiger partial charge in [-0.1, -0.05) is 103 Å². The van der Waals surface area contributed by atoms with Crippen LogP contribution in [0.25, 0.3) is 0 Å². The summed E-state index contributed by atoms with van der Waals surface area (Å²) in [7, 11) is 0. The Morgan fingerprint density at radius 2 is 1.07 bits per heavy atom. The normalized spacial score (nSPS) is 19.7. The largest absolute Gasteiger partial charge is 0.461 e. The van der Waals surface area contributed by atoms with Gasteiger partial charge in [0.2, 0.25) is 0 Å². The fourth-order valence-electron chi connectivity index (χ4n) is 6.28. The molecule has 6 rings (SSSR count). The molecule has 0 radical (unpaired) electrons. The highest BCUT2D eigenvalue weighted by molar-refractivity contribution is 9.10. The van der Waals surface area contributed by atoms with E-state index in [0.29, 0.717) is 42.6 Å². The second-order valence-corrected chi connectivity index (χ2v) is 16.4. The van der Waals surface area contributed by atoms with E-state index in [2.05, 4.69) is 41.8 Å². The molecule has 0 saturated heterocycles. The smallest absolute Gasteiger partial charge is 0.400 e. The Morgan fingerprint density at radius 1 is 0.691 bits per heavy atom. The maximum absolute atomic E-state index is 14.2. The fourth-order valence-corrected chi connectivity index (χ4v) is 8.32. The molecule has 0 fully saturated rings. The van der Waals surface area contributed by atoms with Gasteiger partial charge in [0.05, 0.1) is 19.7 Å². The summed E-state index contributed by atoms with van der Waals surface area (Å²) < 4.78 is 90.8. The van der Waals surface area contributed by atoms with E-state index in [1.165, 1.54) is 43.3 Å². The van der Waals surface area contributed by atoms with Crippen molar-refractivity contribution in [1.82, 2.24) is 0 Å². The van der Waals surface area contributed by atoms with Crippen LogP contribution in [0, 0.1) is 0 Å². The first kappa shape index (κ1) is 43.5. The Morgan fingerprint density at radius 3 is 1.40 bits per heavy atom. The van der Waals surface area contributed by atoms with E-state index in [-0.39, 0.29) is 57.3 Å². The van der Waals surface area contributed by atoms with Crippen molar-refractivity contribution in [2.24, 2.45) is 9.98 Å². The molecule has 2 aliphatic rings. The van der Waals surface area contributed by atoms with Crippen molar-refractivity contribution in [2.75, 3.05) is 13.1 Å². The van der Waals surface area contributed by atoms with E-state index >= 15 is 0 Å². The third-order valence-electron chi connectivity index (χ3n) is 9.31. The molecule has 4 aromatic rings. The van der Waals surface area contributed by atoms with Crippen molar-refractivity contribution < 1.29 is 41.0 Å². The van der Waals surface area contributed by atoms with E-state index in [1.54, 1.807) is 36.4 Å². The highest BCUT2D eigenvalue weighted by Gasteiger charge is 2.59. The Hall–Kier alpha value is -2.65. The SMILES string of the molecule is CC(=O)OCc1ccc(C2=NCC(c3cc(Cl)cc(Cl)c3)(C(F)(F)F)C2)cc1Br.OCc1ccc(C2=NCC(c3cc(Cl)cc(Cl)c3)(C(F)(F)F)C2)cc1Br. The summed E-state index contributed by atoms with van der Waals surface area (Å²) in [6.45, 7) is 0.322. The van der Waals surface area contributed by atoms with E-state index in [0.717, 1.165) is 0 Å². The van der Waals surface area contributed by atoms with Gasteiger partial charge in [-0.2, -0.15) is 26.3 Å². The van der Waals surface area contributed by atoms with E-state index in [9.17, 15) is 36.2 Å². The number of aliphatic hydroxyl groups is 1. The minimum Gasteiger partial charge on any atom is -0.461 e. The number of carbonyl (C=O) groups excluding carboxylic acids is 1. The van der Waals surface area contributed by atoms with Crippen LogP contribution in [-0.2, 0) is 33.6 Å². The number of halogens is 12. The maximum Gasteiger partial charge on any atom is 0.400 e. The zero-order chi connectivity index (χ0) is 40.5. The average molecular weight is 976 g/mol. The van der Waals surface area contributed by atoms with Crippen molar-refractivity contribution in [1.29, 1.82) is 0 Å². The molecule has 55 heavy (non-hydrogen) atoms. The number of aliphatic imine (C=N–C) groups is 2. The zero-order valence-electron chi connectivity index (χ0n) is 28.4. The molecule has 4 aromatic carbocycles. The second-order valence-electron chi connectivity index (χ2n) is 12.9. The summed E-state index contributed by atoms with van der Waals surface area (Å²) in [6.07, 6.45) is -9.70. The monoisotopic (exact) mass is 972 g/mol. The number of ether oxygens (including phenoxy) is 1. The lowest BCUT2D eigenvalue weighted by molar-refractivity contribution is -0.184. The van der Waals surface area contributed by atoms with Crippen LogP contribution in [0.15, 0.2) is 91.7 Å². The topological polar surface area (TPSA) is 71.2 Å². The van der Waals surface area contributed by atoms with Crippen LogP contribution in [0.3, 0.4) is 0 Å². The Balaban J connectivity index is 0.000000212. The molecular formula is C38H28Br2Cl4F6N2O3. The summed E-state index contributed by atoms with van der Waals surface area (Å²) in [4.78, 5) is 19.4. The number of aliphatic hydroxyl groups excluding tert-OH is 1. The van der Waals surface area contributed by atoms with Crippen molar-refractivity contribution >= 4 is 95.7 Å². The van der Waals surface area contributed by atoms with Gasteiger partial charge in [0.15, 0.2) is 0 Å². The number of esters is 1. The zero-order valence-corrected chi connectivity index (χ0v) is 34.6. The third kappa shape index (κ3) is 9.56. The second kappa shape index (κ2) is 17.1. The average Bonchev–Trinajstić information content (AvgIpc) is 3.75. The van der Waals surface area contributed by atoms with Gasteiger partial charge in [0.25, 0.3) is 0 Å². The van der Waals surface area contributed by atoms with Crippen LogP contribution in [0.5, 0.6) is 0 Å². The van der Waals surface area contributed by atoms with Crippen LogP contribution >= 0.6 is 78.3 Å². The van der Waals surface area contributed by atoms with Gasteiger partial charge in [-0.25, -0.2) is 0 Å². The minimum atomic E-state index is -4.54. The van der Waals surface area contributed by atoms with Crippen LogP contribution in [-0.4, -0.2) is 47.9 Å². The summed E-state index contributed by atoms with van der Waals surface area (Å²) in [5.74, 6) is -0.420. The number of hydrogen-bond donors (Lipinski definition) is 1. The fraction of sp³-hybridized carbons (Fsp3) is 0.289. The van der Waals surface area contributed by atoms with Crippen LogP contribution in [0.2, 0.25) is 20.1 Å². The molecule has 5 nitrogen and oxygen atoms in total. The van der Waals surface area contributed by atoms with Gasteiger partial charge < -0.3 is 9.84 Å². The summed E-state index contributed by atoms with van der Waals surface area (Å²) in [5.41, 5.74) is -1.20. The number of alkyl halides is 6. The molecule has 1 N–H and O–H groups in total. The highest BCUT2D eigenvalue weighted by Crippen LogP contribution is 2.50. The Labute approximate surface area is 349 Å². The first-order chi connectivity index (χ1) is 25.7. The molecule has 0 saturated carbocycles. The van der Waals surface area contributed by atoms with Crippen LogP contribution in [0.1, 0.15) is 53.1 Å². The van der Waals surface area contributed by atoms with Crippen LogP contribution in [0.4, 0.5) is 26.3 Å². The summed E-state index contributed by atoms with van der Waals surface area (Å²) >= 11 is 30.5. The molecule has 0 aromatic heterocycles. The Bertz CT molecular complexity index is 2140.